The predicted octanol–water partition coefficient (Wildman–Crippen LogP) is 13.0. The molecular weight excluding hydrogens is 709 g/mol. The van der Waals surface area contributed by atoms with E-state index in [0.717, 1.165) is 105 Å². The second-order valence-corrected chi connectivity index (χ2v) is 15.0. The highest BCUT2D eigenvalue weighted by Gasteiger charge is 2.32. The minimum Gasteiger partial charge on any atom is -0.507 e. The molecule has 1 unspecified atom stereocenters. The Morgan fingerprint density at radius 3 is 1.57 bits per heavy atom. The third kappa shape index (κ3) is 5.42. The lowest BCUT2D eigenvalue weighted by molar-refractivity contribution is 0.204. The molecule has 0 radical (unpaired) electrons. The van der Waals surface area contributed by atoms with Crippen LogP contribution in [0.3, 0.4) is 0 Å². The van der Waals surface area contributed by atoms with Crippen LogP contribution in [0, 0.1) is 0 Å². The number of hydrogen-bond acceptors (Lipinski definition) is 4. The molecule has 0 aliphatic heterocycles. The molecule has 274 valence electrons. The predicted molar refractivity (Wildman–Crippen MR) is 240 cm³/mol. The summed E-state index contributed by atoms with van der Waals surface area (Å²) < 4.78 is 0. The van der Waals surface area contributed by atoms with Gasteiger partial charge >= 0.3 is 0 Å². The number of fused-ring (bicyclic) bond motifs is 7. The maximum Gasteiger partial charge on any atom is 0.124 e. The number of rotatable bonds is 4. The Morgan fingerprint density at radius 2 is 0.897 bits per heavy atom. The summed E-state index contributed by atoms with van der Waals surface area (Å²) in [5.74, 6) is -0.152. The normalized spacial score (nSPS) is 17.1. The fraction of sp³-hybridized carbons (Fsp3) is 0.0370. The minimum atomic E-state index is -0.749. The van der Waals surface area contributed by atoms with E-state index < -0.39 is 6.10 Å². The van der Waals surface area contributed by atoms with Gasteiger partial charge < -0.3 is 10.2 Å². The molecule has 2 N–H and O–H groups in total. The van der Waals surface area contributed by atoms with Crippen LogP contribution in [-0.4, -0.2) is 27.7 Å². The number of phenolic OH excluding ortho intramolecular Hbond substituents is 1. The monoisotopic (exact) mass is 744 g/mol. The second-order valence-electron chi connectivity index (χ2n) is 15.0. The summed E-state index contributed by atoms with van der Waals surface area (Å²) >= 11 is 0. The average molecular weight is 745 g/mol. The van der Waals surface area contributed by atoms with Gasteiger partial charge in [0.2, 0.25) is 0 Å². The summed E-state index contributed by atoms with van der Waals surface area (Å²) in [7, 11) is 0. The van der Waals surface area contributed by atoms with Gasteiger partial charge in [0.25, 0.3) is 0 Å². The summed E-state index contributed by atoms with van der Waals surface area (Å²) in [5.41, 5.74) is 11.8. The lowest BCUT2D eigenvalue weighted by Crippen LogP contribution is -2.24. The average Bonchev–Trinajstić information content (AvgIpc) is 3.28. The van der Waals surface area contributed by atoms with Crippen molar-refractivity contribution in [2.24, 2.45) is 9.98 Å². The third-order valence-electron chi connectivity index (χ3n) is 11.8. The van der Waals surface area contributed by atoms with E-state index in [1.54, 1.807) is 6.07 Å². The summed E-state index contributed by atoms with van der Waals surface area (Å²) in [5, 5.41) is 29.7. The van der Waals surface area contributed by atoms with Gasteiger partial charge in [-0.25, -0.2) is 9.98 Å². The van der Waals surface area contributed by atoms with Crippen LogP contribution in [0.15, 0.2) is 198 Å². The van der Waals surface area contributed by atoms with Crippen LogP contribution in [0.1, 0.15) is 33.7 Å². The molecule has 58 heavy (non-hydrogen) atoms. The second kappa shape index (κ2) is 13.7. The summed E-state index contributed by atoms with van der Waals surface area (Å²) in [6.45, 7) is 0. The van der Waals surface area contributed by atoms with Crippen molar-refractivity contribution in [1.29, 1.82) is 0 Å². The highest BCUT2D eigenvalue weighted by Crippen LogP contribution is 2.47. The zero-order valence-electron chi connectivity index (χ0n) is 31.4. The Morgan fingerprint density at radius 1 is 0.414 bits per heavy atom. The number of benzene rings is 9. The molecule has 2 aliphatic rings. The van der Waals surface area contributed by atoms with Crippen LogP contribution in [0.4, 0.5) is 11.4 Å². The molecule has 0 saturated heterocycles. The minimum absolute atomic E-state index is 0.195. The molecule has 0 saturated carbocycles. The molecule has 9 aromatic carbocycles. The Labute approximate surface area is 336 Å². The highest BCUT2D eigenvalue weighted by atomic mass is 16.3. The fourth-order valence-electron chi connectivity index (χ4n) is 9.19. The van der Waals surface area contributed by atoms with Crippen LogP contribution in [-0.2, 0) is 0 Å². The molecular formula is C54H36N2O2. The van der Waals surface area contributed by atoms with Gasteiger partial charge in [0.15, 0.2) is 0 Å². The maximum atomic E-state index is 11.8. The van der Waals surface area contributed by atoms with Crippen LogP contribution >= 0.6 is 0 Å². The molecule has 11 rings (SSSR count). The first-order chi connectivity index (χ1) is 28.6. The number of nitrogens with zero attached hydrogens (tertiary/aromatic N) is 2. The highest BCUT2D eigenvalue weighted by molar-refractivity contribution is 6.57. The number of aliphatic imine (C=N–C) groups is 2. The molecule has 0 aromatic heterocycles. The van der Waals surface area contributed by atoms with Crippen molar-refractivity contribution in [3.63, 3.8) is 0 Å². The van der Waals surface area contributed by atoms with Gasteiger partial charge in [-0.2, -0.15) is 0 Å². The Hall–Kier alpha value is -7.40. The Bertz CT molecular complexity index is 3230. The van der Waals surface area contributed by atoms with Gasteiger partial charge in [0, 0.05) is 28.2 Å². The van der Waals surface area contributed by atoms with Crippen LogP contribution in [0.5, 0.6) is 5.75 Å². The van der Waals surface area contributed by atoms with Gasteiger partial charge in [0.1, 0.15) is 5.75 Å². The number of hydrogen-bond donors (Lipinski definition) is 2. The van der Waals surface area contributed by atoms with Crippen molar-refractivity contribution in [2.75, 3.05) is 0 Å². The summed E-state index contributed by atoms with van der Waals surface area (Å²) in [6.07, 6.45) is 3.16. The van der Waals surface area contributed by atoms with Gasteiger partial charge in [-0.05, 0) is 78.3 Å². The topological polar surface area (TPSA) is 65.2 Å². The largest absolute Gasteiger partial charge is 0.507 e. The first-order valence-electron chi connectivity index (χ1n) is 19.7. The first kappa shape index (κ1) is 33.9. The molecule has 2 aliphatic carbocycles. The van der Waals surface area contributed by atoms with Crippen molar-refractivity contribution in [3.05, 3.63) is 216 Å². The van der Waals surface area contributed by atoms with Gasteiger partial charge in [-0.15, -0.1) is 0 Å². The molecule has 0 fully saturated rings. The fourth-order valence-corrected chi connectivity index (χ4v) is 9.19. The van der Waals surface area contributed by atoms with Crippen LogP contribution in [0.25, 0.3) is 60.6 Å². The molecule has 0 heterocycles. The van der Waals surface area contributed by atoms with E-state index in [-0.39, 0.29) is 11.7 Å². The lowest BCUT2D eigenvalue weighted by Gasteiger charge is -2.29. The van der Waals surface area contributed by atoms with E-state index >= 15 is 0 Å². The van der Waals surface area contributed by atoms with Crippen LogP contribution < -0.4 is 0 Å². The molecule has 4 heteroatoms. The van der Waals surface area contributed by atoms with E-state index in [4.69, 9.17) is 9.98 Å². The van der Waals surface area contributed by atoms with Crippen LogP contribution in [0.2, 0.25) is 0 Å². The number of aliphatic hydroxyl groups is 1. The molecule has 4 nitrogen and oxygen atoms in total. The van der Waals surface area contributed by atoms with E-state index in [1.807, 2.05) is 54.6 Å². The third-order valence-corrected chi connectivity index (χ3v) is 11.8. The van der Waals surface area contributed by atoms with E-state index in [2.05, 4.69) is 133 Å². The van der Waals surface area contributed by atoms with Gasteiger partial charge in [-0.3, -0.25) is 0 Å². The van der Waals surface area contributed by atoms with Crippen molar-refractivity contribution in [2.45, 2.75) is 12.0 Å². The Balaban J connectivity index is 1.23. The molecule has 0 amide bonds. The van der Waals surface area contributed by atoms with Crippen molar-refractivity contribution in [1.82, 2.24) is 0 Å². The molecule has 9 aromatic rings. The van der Waals surface area contributed by atoms with Crippen molar-refractivity contribution in [3.8, 4) is 28.0 Å². The summed E-state index contributed by atoms with van der Waals surface area (Å²) in [6, 6.07) is 62.1. The maximum absolute atomic E-state index is 11.8. The standard InChI is InChI=1S/C54H36N2O2/c57-47-31-27-35-15-3-7-19-39(35)51(47)49-37-17-5-1-13-33(37)25-29-45(49)55-53-43-23-11-9-21-41(43)42-22-10-12-24-44(42)54(53)56-46-30-26-34-14-2-6-18-38(34)50(46)52-40-20-8-4-16-36(40)28-32-48(52)58/h1-32,47,51,57-58H/t47-,51?/m1/s1. The zero-order chi connectivity index (χ0) is 38.7. The SMILES string of the molecule is Oc1ccc2ccccc2c1-c1c(N=C2C(=Nc3ccc4ccccc4c3C3c4ccccc4C=C[C@H]3O)c3ccccc3-c3ccccc32)ccc2ccccc12. The lowest BCUT2D eigenvalue weighted by atomic mass is 9.78. The quantitative estimate of drug-likeness (QED) is 0.188. The van der Waals surface area contributed by atoms with Crippen molar-refractivity contribution >= 4 is 61.2 Å². The van der Waals surface area contributed by atoms with Gasteiger partial charge in [0.05, 0.1) is 28.9 Å². The van der Waals surface area contributed by atoms with Gasteiger partial charge in [-0.1, -0.05) is 176 Å². The van der Waals surface area contributed by atoms with E-state index in [0.29, 0.717) is 0 Å². The first-order valence-corrected chi connectivity index (χ1v) is 19.7. The molecule has 0 spiro atoms. The number of aliphatic hydroxyl groups excluding tert-OH is 1. The van der Waals surface area contributed by atoms with Crippen molar-refractivity contribution < 1.29 is 10.2 Å². The molecule has 2 atom stereocenters. The smallest absolute Gasteiger partial charge is 0.124 e. The zero-order valence-corrected chi connectivity index (χ0v) is 31.4. The molecule has 0 bridgehead atoms. The number of phenols is 1. The number of aromatic hydroxyl groups is 1. The Kier molecular flexibility index (Phi) is 7.98. The summed E-state index contributed by atoms with van der Waals surface area (Å²) in [4.78, 5) is 11.4. The van der Waals surface area contributed by atoms with E-state index in [9.17, 15) is 10.2 Å². The van der Waals surface area contributed by atoms with E-state index in [1.165, 1.54) is 0 Å².